The minimum atomic E-state index is -0.339. The fraction of sp³-hybridized carbons (Fsp3) is 0.400. The Labute approximate surface area is 178 Å². The van der Waals surface area contributed by atoms with Gasteiger partial charge in [0.15, 0.2) is 16.1 Å². The van der Waals surface area contributed by atoms with Gasteiger partial charge in [-0.3, -0.25) is 4.79 Å². The lowest BCUT2D eigenvalue weighted by Crippen LogP contribution is -2.23. The number of anilines is 1. The van der Waals surface area contributed by atoms with Crippen LogP contribution in [0.5, 0.6) is 5.75 Å². The molecule has 0 fully saturated rings. The van der Waals surface area contributed by atoms with Crippen molar-refractivity contribution in [3.8, 4) is 5.75 Å². The van der Waals surface area contributed by atoms with E-state index in [-0.39, 0.29) is 17.2 Å². The van der Waals surface area contributed by atoms with Crippen molar-refractivity contribution >= 4 is 34.1 Å². The summed E-state index contributed by atoms with van der Waals surface area (Å²) in [5.74, 6) is 1.45. The van der Waals surface area contributed by atoms with Crippen LogP contribution in [0.1, 0.15) is 43.8 Å². The predicted octanol–water partition coefficient (Wildman–Crippen LogP) is 4.63. The second kappa shape index (κ2) is 9.41. The van der Waals surface area contributed by atoms with Crippen LogP contribution in [0.15, 0.2) is 34.9 Å². The molecule has 0 bridgehead atoms. The number of nitrogens with zero attached hydrogens (tertiary/aromatic N) is 4. The second-order valence-corrected chi connectivity index (χ2v) is 9.21. The molecule has 2 aromatic heterocycles. The average Bonchev–Trinajstić information content (AvgIpc) is 3.30. The number of aromatic nitrogens is 4. The average molecular weight is 432 g/mol. The second-order valence-electron chi connectivity index (χ2n) is 7.01. The summed E-state index contributed by atoms with van der Waals surface area (Å²) in [6, 6.07) is 6.23. The topological polar surface area (TPSA) is 81.9 Å². The molecule has 0 spiro atoms. The molecule has 0 saturated heterocycles. The molecule has 0 unspecified atom stereocenters. The first-order valence-corrected chi connectivity index (χ1v) is 11.1. The third kappa shape index (κ3) is 5.36. The maximum absolute atomic E-state index is 12.4. The van der Waals surface area contributed by atoms with Gasteiger partial charge >= 0.3 is 0 Å². The molecule has 2 heterocycles. The van der Waals surface area contributed by atoms with E-state index in [1.807, 2.05) is 35.9 Å². The highest BCUT2D eigenvalue weighted by atomic mass is 32.2. The fourth-order valence-corrected chi connectivity index (χ4v) is 4.34. The molecule has 1 N–H and O–H groups in total. The third-order valence-corrected chi connectivity index (χ3v) is 6.00. The molecule has 1 amide bonds. The Kier molecular flexibility index (Phi) is 6.92. The highest BCUT2D eigenvalue weighted by Gasteiger charge is 2.22. The standard InChI is InChI=1S/C20H25N5O2S2/c1-12(2)25-17(11-27-16-7-6-13(3)10-14(16)4)23-24-20(25)29-15(5)18(26)22-19-21-8-9-28-19/h6-10,12,15H,11H2,1-5H3,(H,21,22,26)/t15-/m0/s1. The van der Waals surface area contributed by atoms with Gasteiger partial charge < -0.3 is 14.6 Å². The van der Waals surface area contributed by atoms with Crippen molar-refractivity contribution in [2.24, 2.45) is 0 Å². The molecule has 0 aliphatic rings. The van der Waals surface area contributed by atoms with E-state index >= 15 is 0 Å². The summed E-state index contributed by atoms with van der Waals surface area (Å²) in [6.45, 7) is 10.4. The lowest BCUT2D eigenvalue weighted by atomic mass is 10.1. The van der Waals surface area contributed by atoms with E-state index in [2.05, 4.69) is 47.3 Å². The molecule has 7 nitrogen and oxygen atoms in total. The van der Waals surface area contributed by atoms with Crippen LogP contribution in [0.25, 0.3) is 0 Å². The van der Waals surface area contributed by atoms with Gasteiger partial charge in [-0.2, -0.15) is 0 Å². The Hall–Kier alpha value is -2.39. The van der Waals surface area contributed by atoms with E-state index in [0.717, 1.165) is 17.1 Å². The van der Waals surface area contributed by atoms with Gasteiger partial charge in [0.05, 0.1) is 5.25 Å². The maximum Gasteiger partial charge on any atom is 0.239 e. The van der Waals surface area contributed by atoms with Gasteiger partial charge in [0.25, 0.3) is 0 Å². The van der Waals surface area contributed by atoms with Crippen molar-refractivity contribution in [2.75, 3.05) is 5.32 Å². The zero-order chi connectivity index (χ0) is 21.0. The van der Waals surface area contributed by atoms with E-state index < -0.39 is 0 Å². The molecular formula is C20H25N5O2S2. The molecule has 0 aliphatic heterocycles. The smallest absolute Gasteiger partial charge is 0.239 e. The van der Waals surface area contributed by atoms with Crippen LogP contribution in [0, 0.1) is 13.8 Å². The zero-order valence-corrected chi connectivity index (χ0v) is 18.8. The molecule has 29 heavy (non-hydrogen) atoms. The molecule has 0 aliphatic carbocycles. The first kappa shape index (κ1) is 21.3. The molecule has 0 saturated carbocycles. The van der Waals surface area contributed by atoms with Gasteiger partial charge in [0.1, 0.15) is 12.4 Å². The molecule has 154 valence electrons. The minimum Gasteiger partial charge on any atom is -0.485 e. The summed E-state index contributed by atoms with van der Waals surface area (Å²) in [6.07, 6.45) is 1.66. The van der Waals surface area contributed by atoms with Gasteiger partial charge in [0, 0.05) is 17.6 Å². The lowest BCUT2D eigenvalue weighted by Gasteiger charge is -2.16. The summed E-state index contributed by atoms with van der Waals surface area (Å²) in [5, 5.41) is 14.2. The Morgan fingerprint density at radius 1 is 1.28 bits per heavy atom. The Balaban J connectivity index is 1.70. The number of thiazole rings is 1. The number of thioether (sulfide) groups is 1. The summed E-state index contributed by atoms with van der Waals surface area (Å²) in [7, 11) is 0. The van der Waals surface area contributed by atoms with Crippen molar-refractivity contribution in [1.82, 2.24) is 19.7 Å². The van der Waals surface area contributed by atoms with Crippen LogP contribution in [0.3, 0.4) is 0 Å². The minimum absolute atomic E-state index is 0.115. The number of nitrogens with one attached hydrogen (secondary N) is 1. The third-order valence-electron chi connectivity index (χ3n) is 4.25. The summed E-state index contributed by atoms with van der Waals surface area (Å²) in [5.41, 5.74) is 2.28. The van der Waals surface area contributed by atoms with E-state index in [9.17, 15) is 4.79 Å². The highest BCUT2D eigenvalue weighted by Crippen LogP contribution is 2.27. The van der Waals surface area contributed by atoms with Gasteiger partial charge in [-0.1, -0.05) is 29.5 Å². The van der Waals surface area contributed by atoms with Gasteiger partial charge in [0.2, 0.25) is 5.91 Å². The predicted molar refractivity (Wildman–Crippen MR) is 117 cm³/mol. The first-order valence-electron chi connectivity index (χ1n) is 9.36. The zero-order valence-electron chi connectivity index (χ0n) is 17.2. The van der Waals surface area contributed by atoms with Gasteiger partial charge in [-0.05, 0) is 46.2 Å². The van der Waals surface area contributed by atoms with Crippen molar-refractivity contribution in [3.05, 3.63) is 46.7 Å². The van der Waals surface area contributed by atoms with Crippen molar-refractivity contribution in [3.63, 3.8) is 0 Å². The maximum atomic E-state index is 12.4. The number of ether oxygens (including phenoxy) is 1. The number of benzene rings is 1. The molecule has 3 rings (SSSR count). The number of aryl methyl sites for hydroxylation is 2. The Morgan fingerprint density at radius 3 is 2.72 bits per heavy atom. The van der Waals surface area contributed by atoms with Crippen LogP contribution in [-0.2, 0) is 11.4 Å². The quantitative estimate of drug-likeness (QED) is 0.524. The summed E-state index contributed by atoms with van der Waals surface area (Å²) < 4.78 is 8.00. The van der Waals surface area contributed by atoms with E-state index in [0.29, 0.717) is 16.9 Å². The monoisotopic (exact) mass is 431 g/mol. The highest BCUT2D eigenvalue weighted by molar-refractivity contribution is 8.00. The molecule has 1 aromatic carbocycles. The van der Waals surface area contributed by atoms with E-state index in [1.165, 1.54) is 28.7 Å². The number of hydrogen-bond donors (Lipinski definition) is 1. The van der Waals surface area contributed by atoms with Crippen LogP contribution in [0.2, 0.25) is 0 Å². The number of carbonyl (C=O) groups is 1. The molecule has 1 atom stereocenters. The van der Waals surface area contributed by atoms with E-state index in [4.69, 9.17) is 4.74 Å². The summed E-state index contributed by atoms with van der Waals surface area (Å²) >= 11 is 2.77. The molecule has 9 heteroatoms. The largest absolute Gasteiger partial charge is 0.485 e. The van der Waals surface area contributed by atoms with Crippen LogP contribution in [-0.4, -0.2) is 30.9 Å². The van der Waals surface area contributed by atoms with Crippen molar-refractivity contribution < 1.29 is 9.53 Å². The molecular weight excluding hydrogens is 406 g/mol. The Bertz CT molecular complexity index is 969. The Morgan fingerprint density at radius 2 is 2.07 bits per heavy atom. The lowest BCUT2D eigenvalue weighted by molar-refractivity contribution is -0.115. The number of amides is 1. The summed E-state index contributed by atoms with van der Waals surface area (Å²) in [4.78, 5) is 16.5. The van der Waals surface area contributed by atoms with Gasteiger partial charge in [-0.15, -0.1) is 21.5 Å². The van der Waals surface area contributed by atoms with Crippen LogP contribution >= 0.6 is 23.1 Å². The number of hydrogen-bond acceptors (Lipinski definition) is 7. The fourth-order valence-electron chi connectivity index (χ4n) is 2.81. The van der Waals surface area contributed by atoms with Crippen LogP contribution < -0.4 is 10.1 Å². The molecule has 0 radical (unpaired) electrons. The molecule has 3 aromatic rings. The van der Waals surface area contributed by atoms with Crippen molar-refractivity contribution in [1.29, 1.82) is 0 Å². The SMILES string of the molecule is Cc1ccc(OCc2nnc(S[C@@H](C)C(=O)Nc3nccs3)n2C(C)C)c(C)c1. The number of rotatable bonds is 8. The normalized spacial score (nSPS) is 12.2. The number of carbonyl (C=O) groups excluding carboxylic acids is 1. The van der Waals surface area contributed by atoms with Crippen LogP contribution in [0.4, 0.5) is 5.13 Å². The van der Waals surface area contributed by atoms with Crippen molar-refractivity contribution in [2.45, 2.75) is 57.7 Å². The first-order chi connectivity index (χ1) is 13.8. The van der Waals surface area contributed by atoms with Gasteiger partial charge in [-0.25, -0.2) is 4.98 Å². The van der Waals surface area contributed by atoms with E-state index in [1.54, 1.807) is 6.20 Å².